The second kappa shape index (κ2) is 7.42. The Morgan fingerprint density at radius 2 is 2.15 bits per heavy atom. The lowest BCUT2D eigenvalue weighted by Crippen LogP contribution is -2.52. The molecule has 1 aliphatic rings. The van der Waals surface area contributed by atoms with Crippen LogP contribution in [0.4, 0.5) is 5.82 Å². The third-order valence-electron chi connectivity index (χ3n) is 4.12. The number of aromatic nitrogens is 3. The summed E-state index contributed by atoms with van der Waals surface area (Å²) in [5, 5.41) is 4.06. The number of carbonyl (C=O) groups excluding carboxylic acids is 1. The number of carbonyl (C=O) groups is 1. The number of hydrogen-bond acceptors (Lipinski definition) is 6. The van der Waals surface area contributed by atoms with Crippen molar-refractivity contribution in [1.29, 1.82) is 0 Å². The van der Waals surface area contributed by atoms with Crippen molar-refractivity contribution in [3.8, 4) is 5.88 Å². The van der Waals surface area contributed by atoms with Gasteiger partial charge in [-0.3, -0.25) is 14.4 Å². The first-order valence-corrected chi connectivity index (χ1v) is 9.81. The van der Waals surface area contributed by atoms with Crippen molar-refractivity contribution in [3.05, 3.63) is 30.6 Å². The zero-order chi connectivity index (χ0) is 18.7. The van der Waals surface area contributed by atoms with Crippen LogP contribution in [-0.2, 0) is 21.9 Å². The van der Waals surface area contributed by atoms with Crippen LogP contribution in [0, 0.1) is 0 Å². The molecule has 3 rings (SSSR count). The summed E-state index contributed by atoms with van der Waals surface area (Å²) in [6, 6.07) is 3.80. The van der Waals surface area contributed by atoms with Gasteiger partial charge >= 0.3 is 0 Å². The molecular weight excluding hydrogens is 358 g/mol. The van der Waals surface area contributed by atoms with Crippen molar-refractivity contribution in [3.63, 3.8) is 0 Å². The number of piperidine rings is 1. The SMILES string of the molecule is CCOc1ccc(S(=O)(=O)N[C@H]2CCCN(c3ccnn3C)C2=O)cn1. The standard InChI is InChI=1S/C16H21N5O4S/c1-3-25-14-7-6-12(11-17-14)26(23,24)19-13-5-4-10-21(16(13)22)15-8-9-18-20(15)2/h6-9,11,13,19H,3-5,10H2,1-2H3/t13-/m0/s1. The zero-order valence-electron chi connectivity index (χ0n) is 14.6. The van der Waals surface area contributed by atoms with E-state index in [1.807, 2.05) is 6.92 Å². The molecule has 2 aromatic rings. The first kappa shape index (κ1) is 18.3. The molecule has 26 heavy (non-hydrogen) atoms. The second-order valence-electron chi connectivity index (χ2n) is 5.88. The average Bonchev–Trinajstić information content (AvgIpc) is 3.03. The summed E-state index contributed by atoms with van der Waals surface area (Å²) in [6.07, 6.45) is 3.95. The number of nitrogens with zero attached hydrogens (tertiary/aromatic N) is 4. The van der Waals surface area contributed by atoms with Crippen molar-refractivity contribution >= 4 is 21.7 Å². The van der Waals surface area contributed by atoms with E-state index in [-0.39, 0.29) is 10.8 Å². The lowest BCUT2D eigenvalue weighted by molar-refractivity contribution is -0.121. The maximum Gasteiger partial charge on any atom is 0.246 e. The molecule has 9 nitrogen and oxygen atoms in total. The fraction of sp³-hybridized carbons (Fsp3) is 0.438. The number of aryl methyl sites for hydroxylation is 1. The molecule has 0 spiro atoms. The van der Waals surface area contributed by atoms with Crippen LogP contribution in [0.25, 0.3) is 0 Å². The molecule has 1 N–H and O–H groups in total. The highest BCUT2D eigenvalue weighted by molar-refractivity contribution is 7.89. The third-order valence-corrected chi connectivity index (χ3v) is 5.58. The van der Waals surface area contributed by atoms with Crippen LogP contribution >= 0.6 is 0 Å². The number of ether oxygens (including phenoxy) is 1. The molecule has 0 radical (unpaired) electrons. The lowest BCUT2D eigenvalue weighted by atomic mass is 10.1. The number of pyridine rings is 1. The van der Waals surface area contributed by atoms with E-state index in [0.29, 0.717) is 37.7 Å². The fourth-order valence-electron chi connectivity index (χ4n) is 2.86. The summed E-state index contributed by atoms with van der Waals surface area (Å²) in [6.45, 7) is 2.79. The number of amides is 1. The topological polar surface area (TPSA) is 106 Å². The Labute approximate surface area is 152 Å². The van der Waals surface area contributed by atoms with Gasteiger partial charge in [-0.05, 0) is 25.8 Å². The highest BCUT2D eigenvalue weighted by Gasteiger charge is 2.34. The molecule has 140 valence electrons. The smallest absolute Gasteiger partial charge is 0.246 e. The van der Waals surface area contributed by atoms with Gasteiger partial charge in [0, 0.05) is 25.7 Å². The first-order chi connectivity index (χ1) is 12.4. The summed E-state index contributed by atoms with van der Waals surface area (Å²) < 4.78 is 34.5. The number of sulfonamides is 1. The summed E-state index contributed by atoms with van der Waals surface area (Å²) >= 11 is 0. The maximum atomic E-state index is 12.7. The van der Waals surface area contributed by atoms with Crippen LogP contribution in [-0.4, -0.2) is 48.3 Å². The minimum Gasteiger partial charge on any atom is -0.478 e. The number of anilines is 1. The van der Waals surface area contributed by atoms with Crippen molar-refractivity contribution < 1.29 is 17.9 Å². The monoisotopic (exact) mass is 379 g/mol. The van der Waals surface area contributed by atoms with Crippen molar-refractivity contribution in [1.82, 2.24) is 19.5 Å². The average molecular weight is 379 g/mol. The van der Waals surface area contributed by atoms with E-state index in [4.69, 9.17) is 4.74 Å². The highest BCUT2D eigenvalue weighted by atomic mass is 32.2. The van der Waals surface area contributed by atoms with E-state index < -0.39 is 16.1 Å². The minimum absolute atomic E-state index is 0.00795. The van der Waals surface area contributed by atoms with Crippen LogP contribution in [0.3, 0.4) is 0 Å². The van der Waals surface area contributed by atoms with E-state index in [1.165, 1.54) is 18.3 Å². The first-order valence-electron chi connectivity index (χ1n) is 8.33. The van der Waals surface area contributed by atoms with Crippen LogP contribution in [0.5, 0.6) is 5.88 Å². The summed E-state index contributed by atoms with van der Waals surface area (Å²) in [4.78, 5) is 18.3. The maximum absolute atomic E-state index is 12.7. The number of hydrogen-bond donors (Lipinski definition) is 1. The lowest BCUT2D eigenvalue weighted by Gasteiger charge is -2.32. The van der Waals surface area contributed by atoms with Crippen LogP contribution in [0.1, 0.15) is 19.8 Å². The largest absolute Gasteiger partial charge is 0.478 e. The molecule has 3 heterocycles. The molecule has 0 bridgehead atoms. The van der Waals surface area contributed by atoms with E-state index >= 15 is 0 Å². The molecule has 0 saturated carbocycles. The van der Waals surface area contributed by atoms with E-state index in [1.54, 1.807) is 28.9 Å². The Balaban J connectivity index is 1.76. The fourth-order valence-corrected chi connectivity index (χ4v) is 4.03. The van der Waals surface area contributed by atoms with E-state index in [2.05, 4.69) is 14.8 Å². The van der Waals surface area contributed by atoms with Crippen LogP contribution in [0.15, 0.2) is 35.5 Å². The molecular formula is C16H21N5O4S. The van der Waals surface area contributed by atoms with Crippen molar-refractivity contribution in [2.24, 2.45) is 7.05 Å². The van der Waals surface area contributed by atoms with Gasteiger partial charge in [0.2, 0.25) is 21.8 Å². The predicted octanol–water partition coefficient (Wildman–Crippen LogP) is 0.688. The Morgan fingerprint density at radius 3 is 2.77 bits per heavy atom. The zero-order valence-corrected chi connectivity index (χ0v) is 15.4. The molecule has 0 unspecified atom stereocenters. The van der Waals surface area contributed by atoms with Gasteiger partial charge in [0.05, 0.1) is 19.0 Å². The summed E-state index contributed by atoms with van der Waals surface area (Å²) in [7, 11) is -2.13. The molecule has 1 aliphatic heterocycles. The van der Waals surface area contributed by atoms with Crippen molar-refractivity contribution in [2.45, 2.75) is 30.7 Å². The molecule has 0 aromatic carbocycles. The van der Waals surface area contributed by atoms with E-state index in [0.717, 1.165) is 0 Å². The normalized spacial score (nSPS) is 18.2. The van der Waals surface area contributed by atoms with E-state index in [9.17, 15) is 13.2 Å². The summed E-state index contributed by atoms with van der Waals surface area (Å²) in [5.41, 5.74) is 0. The van der Waals surface area contributed by atoms with Crippen molar-refractivity contribution in [2.75, 3.05) is 18.1 Å². The molecule has 0 aliphatic carbocycles. The van der Waals surface area contributed by atoms with Gasteiger partial charge in [-0.25, -0.2) is 13.4 Å². The number of nitrogens with one attached hydrogen (secondary N) is 1. The quantitative estimate of drug-likeness (QED) is 0.791. The van der Waals surface area contributed by atoms with Gasteiger partial charge in [0.1, 0.15) is 16.8 Å². The van der Waals surface area contributed by atoms with Gasteiger partial charge < -0.3 is 4.74 Å². The number of rotatable bonds is 6. The van der Waals surface area contributed by atoms with Gasteiger partial charge in [-0.1, -0.05) is 0 Å². The Morgan fingerprint density at radius 1 is 1.35 bits per heavy atom. The third kappa shape index (κ3) is 3.70. The molecule has 2 aromatic heterocycles. The highest BCUT2D eigenvalue weighted by Crippen LogP contribution is 2.21. The Kier molecular flexibility index (Phi) is 5.23. The Bertz CT molecular complexity index is 878. The molecule has 1 saturated heterocycles. The second-order valence-corrected chi connectivity index (χ2v) is 7.60. The van der Waals surface area contributed by atoms with Gasteiger partial charge in [0.15, 0.2) is 0 Å². The van der Waals surface area contributed by atoms with Gasteiger partial charge in [-0.15, -0.1) is 0 Å². The van der Waals surface area contributed by atoms with Gasteiger partial charge in [-0.2, -0.15) is 9.82 Å². The predicted molar refractivity (Wildman–Crippen MR) is 94.3 cm³/mol. The van der Waals surface area contributed by atoms with Gasteiger partial charge in [0.25, 0.3) is 0 Å². The Hall–Kier alpha value is -2.46. The van der Waals surface area contributed by atoms with Crippen LogP contribution in [0.2, 0.25) is 0 Å². The van der Waals surface area contributed by atoms with Crippen LogP contribution < -0.4 is 14.4 Å². The minimum atomic E-state index is -3.86. The molecule has 10 heteroatoms. The molecule has 1 fully saturated rings. The molecule has 1 amide bonds. The summed E-state index contributed by atoms with van der Waals surface area (Å²) in [5.74, 6) is 0.700. The molecule has 1 atom stereocenters.